The summed E-state index contributed by atoms with van der Waals surface area (Å²) in [6.45, 7) is 0.377. The average molecular weight is 593 g/mol. The van der Waals surface area contributed by atoms with Gasteiger partial charge in [0.15, 0.2) is 5.76 Å². The number of esters is 1. The summed E-state index contributed by atoms with van der Waals surface area (Å²) in [5.41, 5.74) is -2.98. The third-order valence-electron chi connectivity index (χ3n) is 6.42. The molecule has 42 heavy (non-hydrogen) atoms. The number of phenols is 3. The van der Waals surface area contributed by atoms with E-state index in [0.717, 1.165) is 19.1 Å². The first-order chi connectivity index (χ1) is 19.7. The van der Waals surface area contributed by atoms with E-state index in [1.54, 1.807) is 0 Å². The molecule has 1 saturated heterocycles. The van der Waals surface area contributed by atoms with Crippen LogP contribution in [0.3, 0.4) is 0 Å². The summed E-state index contributed by atoms with van der Waals surface area (Å²) in [5, 5.41) is 79.8. The van der Waals surface area contributed by atoms with E-state index >= 15 is 0 Å². The van der Waals surface area contributed by atoms with Gasteiger partial charge in [-0.25, -0.2) is 0 Å². The molecule has 0 amide bonds. The molecule has 0 radical (unpaired) electrons. The van der Waals surface area contributed by atoms with Crippen LogP contribution in [0.2, 0.25) is 0 Å². The topological polar surface area (TPSA) is 254 Å². The number of benzene rings is 2. The molecular weight excluding hydrogens is 564 g/mol. The molecule has 0 bridgehead atoms. The first-order valence-electron chi connectivity index (χ1n) is 12.4. The van der Waals surface area contributed by atoms with E-state index in [0.29, 0.717) is 0 Å². The summed E-state index contributed by atoms with van der Waals surface area (Å²) in [7, 11) is 0. The van der Waals surface area contributed by atoms with Crippen LogP contribution >= 0.6 is 0 Å². The van der Waals surface area contributed by atoms with Crippen LogP contribution < -0.4 is 10.2 Å². The molecule has 8 N–H and O–H groups in total. The second-order valence-corrected chi connectivity index (χ2v) is 10.0. The number of aliphatic hydroxyl groups is 4. The molecule has 1 aliphatic rings. The summed E-state index contributed by atoms with van der Waals surface area (Å²) in [6, 6.07) is 7.20. The van der Waals surface area contributed by atoms with E-state index in [9.17, 15) is 50.1 Å². The highest BCUT2D eigenvalue weighted by Gasteiger charge is 2.46. The average Bonchev–Trinajstić information content (AvgIpc) is 2.88. The number of ether oxygens (including phenoxy) is 3. The van der Waals surface area contributed by atoms with Crippen molar-refractivity contribution in [3.63, 3.8) is 0 Å². The fourth-order valence-corrected chi connectivity index (χ4v) is 4.37. The second-order valence-electron chi connectivity index (χ2n) is 10.0. The fraction of sp³-hybridized carbons (Fsp3) is 0.370. The number of hydrogen-bond donors (Lipinski definition) is 8. The Morgan fingerprint density at radius 2 is 1.62 bits per heavy atom. The second kappa shape index (κ2) is 11.8. The Labute approximate surface area is 236 Å². The standard InChI is InChI=1S/C27H28O15/c1-27(38,8-17(31)32)9-18(33)39-10-16-20(34)22(36)23(37)26(41-16)42-25-21(35)19-14(30)6-13(29)7-15(19)40-24(25)11-2-4-12(28)5-3-11/h2-7,16,20,22-23,26,28-30,34,36-38H,8-10H2,1H3,(H,31,32)/t16-,20-,22+,23-,26+,27?/m1/s1. The maximum Gasteiger partial charge on any atom is 0.308 e. The number of carbonyl (C=O) groups is 2. The highest BCUT2D eigenvalue weighted by Crippen LogP contribution is 2.37. The van der Waals surface area contributed by atoms with Gasteiger partial charge in [-0.1, -0.05) is 0 Å². The number of hydrogen-bond acceptors (Lipinski definition) is 14. The van der Waals surface area contributed by atoms with Crippen molar-refractivity contribution in [1.82, 2.24) is 0 Å². The molecule has 4 rings (SSSR count). The van der Waals surface area contributed by atoms with Gasteiger partial charge in [0, 0.05) is 17.7 Å². The number of carbonyl (C=O) groups excluding carboxylic acids is 1. The van der Waals surface area contributed by atoms with Crippen LogP contribution in [0.1, 0.15) is 19.8 Å². The maximum atomic E-state index is 13.5. The maximum absolute atomic E-state index is 13.5. The minimum Gasteiger partial charge on any atom is -0.508 e. The number of phenolic OH excluding ortho intramolecular Hbond substituents is 3. The lowest BCUT2D eigenvalue weighted by Crippen LogP contribution is -2.60. The van der Waals surface area contributed by atoms with Gasteiger partial charge < -0.3 is 59.5 Å². The highest BCUT2D eigenvalue weighted by molar-refractivity contribution is 5.88. The summed E-state index contributed by atoms with van der Waals surface area (Å²) in [6.07, 6.45) is -10.6. The van der Waals surface area contributed by atoms with E-state index in [2.05, 4.69) is 0 Å². The Kier molecular flexibility index (Phi) is 8.60. The Balaban J connectivity index is 1.64. The molecule has 1 aliphatic heterocycles. The van der Waals surface area contributed by atoms with Crippen LogP contribution in [0.15, 0.2) is 45.6 Å². The first-order valence-corrected chi connectivity index (χ1v) is 12.4. The van der Waals surface area contributed by atoms with E-state index in [-0.39, 0.29) is 22.7 Å². The van der Waals surface area contributed by atoms with Crippen molar-refractivity contribution in [2.24, 2.45) is 0 Å². The number of aliphatic carboxylic acids is 1. The monoisotopic (exact) mass is 592 g/mol. The van der Waals surface area contributed by atoms with Crippen LogP contribution in [0.4, 0.5) is 0 Å². The van der Waals surface area contributed by atoms with Crippen LogP contribution in [-0.2, 0) is 19.1 Å². The minimum atomic E-state index is -1.96. The Bertz CT molecular complexity index is 1530. The zero-order valence-corrected chi connectivity index (χ0v) is 21.9. The van der Waals surface area contributed by atoms with Crippen molar-refractivity contribution in [2.45, 2.75) is 56.1 Å². The van der Waals surface area contributed by atoms with Gasteiger partial charge >= 0.3 is 11.9 Å². The summed E-state index contributed by atoms with van der Waals surface area (Å²) in [4.78, 5) is 36.5. The Hall–Kier alpha value is -4.41. The van der Waals surface area contributed by atoms with Crippen molar-refractivity contribution in [3.05, 3.63) is 46.6 Å². The smallest absolute Gasteiger partial charge is 0.308 e. The van der Waals surface area contributed by atoms with Crippen molar-refractivity contribution in [2.75, 3.05) is 6.61 Å². The molecule has 1 fully saturated rings. The van der Waals surface area contributed by atoms with Gasteiger partial charge in [-0.15, -0.1) is 0 Å². The molecule has 0 saturated carbocycles. The van der Waals surface area contributed by atoms with Gasteiger partial charge in [0.05, 0.1) is 18.4 Å². The molecule has 6 atom stereocenters. The largest absolute Gasteiger partial charge is 0.508 e. The van der Waals surface area contributed by atoms with Crippen molar-refractivity contribution >= 4 is 22.9 Å². The van der Waals surface area contributed by atoms with Gasteiger partial charge in [-0.05, 0) is 31.2 Å². The number of aromatic hydroxyl groups is 3. The van der Waals surface area contributed by atoms with Gasteiger partial charge in [0.1, 0.15) is 59.2 Å². The predicted molar refractivity (Wildman–Crippen MR) is 139 cm³/mol. The summed E-state index contributed by atoms with van der Waals surface area (Å²) >= 11 is 0. The van der Waals surface area contributed by atoms with Crippen LogP contribution in [-0.4, -0.2) is 95.7 Å². The van der Waals surface area contributed by atoms with Gasteiger partial charge in [-0.3, -0.25) is 14.4 Å². The molecule has 15 heteroatoms. The Morgan fingerprint density at radius 3 is 2.26 bits per heavy atom. The third kappa shape index (κ3) is 6.56. The molecule has 2 heterocycles. The van der Waals surface area contributed by atoms with Gasteiger partial charge in [-0.2, -0.15) is 0 Å². The SMILES string of the molecule is CC(O)(CC(=O)O)CC(=O)OC[C@H]1O[C@@H](Oc2c(-c3ccc(O)cc3)oc3cc(O)cc(O)c3c2=O)[C@H](O)[C@@H](O)[C@@H]1O. The molecule has 3 aromatic rings. The minimum absolute atomic E-state index is 0.121. The molecule has 226 valence electrons. The molecule has 1 aromatic heterocycles. The van der Waals surface area contributed by atoms with E-state index in [1.807, 2.05) is 0 Å². The van der Waals surface area contributed by atoms with E-state index in [4.69, 9.17) is 23.7 Å². The fourth-order valence-electron chi connectivity index (χ4n) is 4.37. The van der Waals surface area contributed by atoms with Crippen LogP contribution in [0, 0.1) is 0 Å². The Morgan fingerprint density at radius 1 is 0.952 bits per heavy atom. The van der Waals surface area contributed by atoms with Gasteiger partial charge in [0.2, 0.25) is 17.5 Å². The van der Waals surface area contributed by atoms with Crippen LogP contribution in [0.25, 0.3) is 22.3 Å². The number of rotatable bonds is 9. The highest BCUT2D eigenvalue weighted by atomic mass is 16.7. The molecular formula is C27H28O15. The van der Waals surface area contributed by atoms with Crippen LogP contribution in [0.5, 0.6) is 23.0 Å². The lowest BCUT2D eigenvalue weighted by atomic mass is 9.98. The zero-order valence-electron chi connectivity index (χ0n) is 21.9. The molecule has 1 unspecified atom stereocenters. The molecule has 0 aliphatic carbocycles. The summed E-state index contributed by atoms with van der Waals surface area (Å²) < 4.78 is 21.9. The number of fused-ring (bicyclic) bond motifs is 1. The third-order valence-corrected chi connectivity index (χ3v) is 6.42. The first kappa shape index (κ1) is 30.5. The zero-order chi connectivity index (χ0) is 30.9. The molecule has 2 aromatic carbocycles. The van der Waals surface area contributed by atoms with Gasteiger partial charge in [0.25, 0.3) is 0 Å². The van der Waals surface area contributed by atoms with E-state index < -0.39 is 95.8 Å². The summed E-state index contributed by atoms with van der Waals surface area (Å²) in [5.74, 6) is -4.52. The number of aliphatic hydroxyl groups excluding tert-OH is 3. The number of carboxylic acid groups (broad SMARTS) is 1. The van der Waals surface area contributed by atoms with Crippen molar-refractivity contribution < 1.29 is 69.1 Å². The van der Waals surface area contributed by atoms with Crippen molar-refractivity contribution in [1.29, 1.82) is 0 Å². The van der Waals surface area contributed by atoms with E-state index in [1.165, 1.54) is 24.3 Å². The quantitative estimate of drug-likeness (QED) is 0.151. The lowest BCUT2D eigenvalue weighted by Gasteiger charge is -2.39. The predicted octanol–water partition coefficient (Wildman–Crippen LogP) is -0.0778. The molecule has 0 spiro atoms. The lowest BCUT2D eigenvalue weighted by molar-refractivity contribution is -0.278. The number of carboxylic acids is 1. The van der Waals surface area contributed by atoms with Crippen molar-refractivity contribution in [3.8, 4) is 34.3 Å². The normalized spacial score (nSPS) is 23.7. The molecule has 15 nitrogen and oxygen atoms in total.